The lowest BCUT2D eigenvalue weighted by molar-refractivity contribution is 0.217. The molecule has 5 nitrogen and oxygen atoms in total. The third-order valence-corrected chi connectivity index (χ3v) is 3.67. The summed E-state index contributed by atoms with van der Waals surface area (Å²) in [5.41, 5.74) is 0.552. The number of rotatable bonds is 3. The van der Waals surface area contributed by atoms with Crippen molar-refractivity contribution in [3.63, 3.8) is 0 Å². The van der Waals surface area contributed by atoms with Gasteiger partial charge in [-0.1, -0.05) is 17.7 Å². The quantitative estimate of drug-likeness (QED) is 0.689. The molecule has 0 saturated carbocycles. The van der Waals surface area contributed by atoms with Gasteiger partial charge >= 0.3 is 0 Å². The fourth-order valence-corrected chi connectivity index (χ4v) is 2.43. The molecule has 0 amide bonds. The molecule has 0 atom stereocenters. The van der Waals surface area contributed by atoms with Crippen molar-refractivity contribution in [1.29, 1.82) is 0 Å². The van der Waals surface area contributed by atoms with Gasteiger partial charge in [0.1, 0.15) is 0 Å². The van der Waals surface area contributed by atoms with E-state index in [1.54, 1.807) is 24.3 Å². The van der Waals surface area contributed by atoms with Gasteiger partial charge in [0, 0.05) is 0 Å². The summed E-state index contributed by atoms with van der Waals surface area (Å²) in [7, 11) is -3.70. The number of hydrogen-bond acceptors (Lipinski definition) is 4. The number of aliphatic imine (C=N–C) groups is 1. The first-order valence-corrected chi connectivity index (χ1v) is 8.34. The molecule has 1 aromatic carbocycles. The van der Waals surface area contributed by atoms with E-state index in [2.05, 4.69) is 9.71 Å². The van der Waals surface area contributed by atoms with Crippen molar-refractivity contribution < 1.29 is 13.2 Å². The SMILES string of the molecule is Cc1ccc(S(=O)(=O)NC(=NC(C)(C)C)OC(C)C)cc1. The molecule has 6 heteroatoms. The lowest BCUT2D eigenvalue weighted by atomic mass is 10.1. The molecule has 0 aliphatic carbocycles. The van der Waals surface area contributed by atoms with E-state index < -0.39 is 15.6 Å². The summed E-state index contributed by atoms with van der Waals surface area (Å²) in [5.74, 6) is 0. The van der Waals surface area contributed by atoms with Crippen LogP contribution in [0.3, 0.4) is 0 Å². The van der Waals surface area contributed by atoms with E-state index in [9.17, 15) is 8.42 Å². The normalized spacial score (nSPS) is 13.4. The van der Waals surface area contributed by atoms with Crippen molar-refractivity contribution in [2.24, 2.45) is 4.99 Å². The summed E-state index contributed by atoms with van der Waals surface area (Å²) >= 11 is 0. The number of nitrogens with zero attached hydrogens (tertiary/aromatic N) is 1. The van der Waals surface area contributed by atoms with Gasteiger partial charge in [0.2, 0.25) is 0 Å². The Kier molecular flexibility index (Phi) is 5.39. The summed E-state index contributed by atoms with van der Waals surface area (Å²) < 4.78 is 32.6. The Morgan fingerprint density at radius 2 is 1.71 bits per heavy atom. The second-order valence-corrected chi connectivity index (χ2v) is 7.86. The number of sulfonamides is 1. The van der Waals surface area contributed by atoms with Gasteiger partial charge in [0.25, 0.3) is 16.0 Å². The van der Waals surface area contributed by atoms with Gasteiger partial charge in [0.15, 0.2) is 0 Å². The average molecular weight is 312 g/mol. The zero-order chi connectivity index (χ0) is 16.3. The second-order valence-electron chi connectivity index (χ2n) is 6.17. The lowest BCUT2D eigenvalue weighted by Crippen LogP contribution is -2.36. The monoisotopic (exact) mass is 312 g/mol. The number of benzene rings is 1. The molecule has 1 N–H and O–H groups in total. The van der Waals surface area contributed by atoms with E-state index >= 15 is 0 Å². The van der Waals surface area contributed by atoms with Crippen LogP contribution in [0, 0.1) is 6.92 Å². The van der Waals surface area contributed by atoms with Gasteiger partial charge in [0.05, 0.1) is 16.5 Å². The molecule has 0 aliphatic rings. The maximum Gasteiger partial charge on any atom is 0.299 e. The zero-order valence-corrected chi connectivity index (χ0v) is 14.3. The van der Waals surface area contributed by atoms with E-state index in [0.717, 1.165) is 5.56 Å². The van der Waals surface area contributed by atoms with Crippen molar-refractivity contribution in [3.8, 4) is 0 Å². The Morgan fingerprint density at radius 1 is 1.19 bits per heavy atom. The molecule has 1 aromatic rings. The van der Waals surface area contributed by atoms with E-state index in [1.165, 1.54) is 0 Å². The molecular formula is C15H24N2O3S. The molecule has 0 radical (unpaired) electrons. The third-order valence-electron chi connectivity index (χ3n) is 2.34. The van der Waals surface area contributed by atoms with Crippen molar-refractivity contribution in [2.75, 3.05) is 0 Å². The topological polar surface area (TPSA) is 67.8 Å². The van der Waals surface area contributed by atoms with Crippen molar-refractivity contribution >= 4 is 16.0 Å². The smallest absolute Gasteiger partial charge is 0.299 e. The minimum absolute atomic E-state index is 0.0121. The Labute approximate surface area is 127 Å². The molecule has 0 aromatic heterocycles. The van der Waals surface area contributed by atoms with Gasteiger partial charge in [-0.05, 0) is 53.7 Å². The molecule has 0 heterocycles. The molecular weight excluding hydrogens is 288 g/mol. The van der Waals surface area contributed by atoms with Gasteiger partial charge in [-0.25, -0.2) is 18.1 Å². The van der Waals surface area contributed by atoms with Gasteiger partial charge in [-0.2, -0.15) is 0 Å². The van der Waals surface area contributed by atoms with Crippen LogP contribution in [0.4, 0.5) is 0 Å². The molecule has 0 saturated heterocycles. The summed E-state index contributed by atoms with van der Waals surface area (Å²) in [4.78, 5) is 4.46. The first-order valence-electron chi connectivity index (χ1n) is 6.85. The predicted molar refractivity (Wildman–Crippen MR) is 84.9 cm³/mol. The van der Waals surface area contributed by atoms with Crippen LogP contribution in [0.25, 0.3) is 0 Å². The van der Waals surface area contributed by atoms with Gasteiger partial charge in [-0.15, -0.1) is 0 Å². The molecule has 0 unspecified atom stereocenters. The summed E-state index contributed by atoms with van der Waals surface area (Å²) in [6, 6.07) is 6.62. The predicted octanol–water partition coefficient (Wildman–Crippen LogP) is 2.85. The largest absolute Gasteiger partial charge is 0.462 e. The summed E-state index contributed by atoms with van der Waals surface area (Å²) in [5, 5.41) is 0. The number of aryl methyl sites for hydroxylation is 1. The van der Waals surface area contributed by atoms with Crippen LogP contribution in [-0.2, 0) is 14.8 Å². The summed E-state index contributed by atoms with van der Waals surface area (Å²) in [6.07, 6.45) is -0.174. The number of nitrogens with one attached hydrogen (secondary N) is 1. The van der Waals surface area contributed by atoms with E-state index in [0.29, 0.717) is 0 Å². The maximum absolute atomic E-state index is 12.3. The highest BCUT2D eigenvalue weighted by atomic mass is 32.2. The van der Waals surface area contributed by atoms with Crippen LogP contribution >= 0.6 is 0 Å². The third kappa shape index (κ3) is 6.16. The molecule has 21 heavy (non-hydrogen) atoms. The van der Waals surface area contributed by atoms with Crippen LogP contribution in [0.2, 0.25) is 0 Å². The Morgan fingerprint density at radius 3 is 2.14 bits per heavy atom. The average Bonchev–Trinajstić information content (AvgIpc) is 2.25. The fraction of sp³-hybridized carbons (Fsp3) is 0.533. The maximum atomic E-state index is 12.3. The van der Waals surface area contributed by atoms with Crippen molar-refractivity contribution in [3.05, 3.63) is 29.8 Å². The molecule has 0 bridgehead atoms. The molecule has 0 aliphatic heterocycles. The van der Waals surface area contributed by atoms with E-state index in [4.69, 9.17) is 4.74 Å². The van der Waals surface area contributed by atoms with Crippen LogP contribution in [0.1, 0.15) is 40.2 Å². The highest BCUT2D eigenvalue weighted by Crippen LogP contribution is 2.12. The molecule has 0 spiro atoms. The van der Waals surface area contributed by atoms with Crippen molar-refractivity contribution in [2.45, 2.75) is 58.1 Å². The van der Waals surface area contributed by atoms with Gasteiger partial charge in [-0.3, -0.25) is 0 Å². The first-order chi connectivity index (χ1) is 9.49. The van der Waals surface area contributed by atoms with Crippen LogP contribution in [0.5, 0.6) is 0 Å². The lowest BCUT2D eigenvalue weighted by Gasteiger charge is -2.19. The second kappa shape index (κ2) is 6.47. The highest BCUT2D eigenvalue weighted by Gasteiger charge is 2.20. The number of amidine groups is 1. The number of hydrogen-bond donors (Lipinski definition) is 1. The highest BCUT2D eigenvalue weighted by molar-refractivity contribution is 7.90. The molecule has 0 fully saturated rings. The van der Waals surface area contributed by atoms with Crippen molar-refractivity contribution in [1.82, 2.24) is 4.72 Å². The Bertz CT molecular complexity index is 597. The first kappa shape index (κ1) is 17.5. The van der Waals surface area contributed by atoms with E-state index in [-0.39, 0.29) is 17.0 Å². The van der Waals surface area contributed by atoms with E-state index in [1.807, 2.05) is 41.5 Å². The summed E-state index contributed by atoms with van der Waals surface area (Å²) in [6.45, 7) is 11.2. The standard InChI is InChI=1S/C15H24N2O3S/c1-11(2)20-14(16-15(4,5)6)17-21(18,19)13-9-7-12(3)8-10-13/h7-11H,1-6H3,(H,16,17). The minimum Gasteiger partial charge on any atom is -0.462 e. The fourth-order valence-electron chi connectivity index (χ4n) is 1.49. The van der Waals surface area contributed by atoms with Crippen LogP contribution in [-0.4, -0.2) is 26.1 Å². The minimum atomic E-state index is -3.70. The van der Waals surface area contributed by atoms with Crippen LogP contribution in [0.15, 0.2) is 34.2 Å². The molecule has 1 rings (SSSR count). The van der Waals surface area contributed by atoms with Gasteiger partial charge < -0.3 is 4.74 Å². The van der Waals surface area contributed by atoms with Crippen LogP contribution < -0.4 is 4.72 Å². The number of ether oxygens (including phenoxy) is 1. The molecule has 118 valence electrons. The Balaban J connectivity index is 3.07. The zero-order valence-electron chi connectivity index (χ0n) is 13.5. The Hall–Kier alpha value is -1.56.